The van der Waals surface area contributed by atoms with Gasteiger partial charge in [0.25, 0.3) is 5.91 Å². The van der Waals surface area contributed by atoms with Crippen molar-refractivity contribution in [1.29, 1.82) is 0 Å². The molecule has 124 valence electrons. The van der Waals surface area contributed by atoms with Crippen LogP contribution in [-0.4, -0.2) is 27.0 Å². The first kappa shape index (κ1) is 16.2. The number of hydrogen-bond donors (Lipinski definition) is 1. The van der Waals surface area contributed by atoms with Gasteiger partial charge >= 0.3 is 0 Å². The van der Waals surface area contributed by atoms with Crippen LogP contribution in [0.3, 0.4) is 0 Å². The fourth-order valence-electron chi connectivity index (χ4n) is 2.64. The highest BCUT2D eigenvalue weighted by Gasteiger charge is 2.06. The van der Waals surface area contributed by atoms with Crippen LogP contribution in [0, 0.1) is 20.8 Å². The van der Waals surface area contributed by atoms with Crippen molar-refractivity contribution in [2.75, 3.05) is 6.54 Å². The molecule has 1 N–H and O–H groups in total. The summed E-state index contributed by atoms with van der Waals surface area (Å²) in [6.07, 6.45) is 5.60. The summed E-state index contributed by atoms with van der Waals surface area (Å²) < 4.78 is 1.80. The van der Waals surface area contributed by atoms with Gasteiger partial charge in [-0.25, -0.2) is 9.50 Å². The summed E-state index contributed by atoms with van der Waals surface area (Å²) in [6, 6.07) is 7.74. The third kappa shape index (κ3) is 3.62. The van der Waals surface area contributed by atoms with E-state index in [9.17, 15) is 4.79 Å². The van der Waals surface area contributed by atoms with E-state index in [1.807, 2.05) is 57.4 Å². The molecule has 0 aliphatic rings. The average molecular weight is 322 g/mol. The fraction of sp³-hybridized carbons (Fsp3) is 0.316. The van der Waals surface area contributed by atoms with Crippen molar-refractivity contribution in [3.05, 3.63) is 64.6 Å². The summed E-state index contributed by atoms with van der Waals surface area (Å²) in [4.78, 5) is 16.6. The lowest BCUT2D eigenvalue weighted by atomic mass is 10.1. The molecule has 0 saturated carbocycles. The molecule has 0 unspecified atom stereocenters. The molecule has 2 heterocycles. The molecule has 1 amide bonds. The Hall–Kier alpha value is -2.69. The second kappa shape index (κ2) is 6.83. The monoisotopic (exact) mass is 322 g/mol. The second-order valence-corrected chi connectivity index (χ2v) is 6.21. The summed E-state index contributed by atoms with van der Waals surface area (Å²) in [7, 11) is 0. The van der Waals surface area contributed by atoms with Gasteiger partial charge in [-0.05, 0) is 62.4 Å². The molecule has 0 spiro atoms. The number of carbonyl (C=O) groups excluding carboxylic acids is 1. The van der Waals surface area contributed by atoms with E-state index in [0.717, 1.165) is 35.3 Å². The molecule has 0 atom stereocenters. The van der Waals surface area contributed by atoms with Crippen molar-refractivity contribution in [2.24, 2.45) is 0 Å². The lowest BCUT2D eigenvalue weighted by Crippen LogP contribution is -2.24. The number of carbonyl (C=O) groups is 1. The van der Waals surface area contributed by atoms with Crippen LogP contribution in [0.5, 0.6) is 0 Å². The highest BCUT2D eigenvalue weighted by atomic mass is 16.1. The quantitative estimate of drug-likeness (QED) is 0.735. The first-order valence-corrected chi connectivity index (χ1v) is 8.19. The molecule has 0 aliphatic heterocycles. The minimum atomic E-state index is -0.0191. The number of aromatic nitrogens is 3. The molecule has 5 heteroatoms. The van der Waals surface area contributed by atoms with Crippen molar-refractivity contribution >= 4 is 11.6 Å². The zero-order chi connectivity index (χ0) is 17.1. The van der Waals surface area contributed by atoms with Crippen LogP contribution in [-0.2, 0) is 6.42 Å². The van der Waals surface area contributed by atoms with E-state index in [1.54, 1.807) is 4.52 Å². The van der Waals surface area contributed by atoms with E-state index in [1.165, 1.54) is 5.56 Å². The number of fused-ring (bicyclic) bond motifs is 1. The highest BCUT2D eigenvalue weighted by molar-refractivity contribution is 5.94. The SMILES string of the molecule is Cc1cc2ncc(CCCNC(=O)c3ccc(C)c(C)c3)cn2n1. The maximum atomic E-state index is 12.2. The maximum absolute atomic E-state index is 12.2. The molecule has 0 fully saturated rings. The number of nitrogens with one attached hydrogen (secondary N) is 1. The minimum Gasteiger partial charge on any atom is -0.352 e. The van der Waals surface area contributed by atoms with E-state index in [0.29, 0.717) is 12.1 Å². The molecule has 3 rings (SSSR count). The van der Waals surface area contributed by atoms with Crippen LogP contribution in [0.4, 0.5) is 0 Å². The third-order valence-electron chi connectivity index (χ3n) is 4.19. The Morgan fingerprint density at radius 3 is 2.79 bits per heavy atom. The van der Waals surface area contributed by atoms with Gasteiger partial charge in [-0.3, -0.25) is 4.79 Å². The summed E-state index contributed by atoms with van der Waals surface area (Å²) in [5, 5.41) is 7.35. The zero-order valence-corrected chi connectivity index (χ0v) is 14.3. The summed E-state index contributed by atoms with van der Waals surface area (Å²) in [6.45, 7) is 6.66. The van der Waals surface area contributed by atoms with Gasteiger partial charge in [0.2, 0.25) is 0 Å². The molecule has 5 nitrogen and oxygen atoms in total. The van der Waals surface area contributed by atoms with Gasteiger partial charge in [0.1, 0.15) is 0 Å². The fourth-order valence-corrected chi connectivity index (χ4v) is 2.64. The summed E-state index contributed by atoms with van der Waals surface area (Å²) in [5.41, 5.74) is 5.98. The van der Waals surface area contributed by atoms with Crippen LogP contribution < -0.4 is 5.32 Å². The van der Waals surface area contributed by atoms with E-state index in [4.69, 9.17) is 0 Å². The lowest BCUT2D eigenvalue weighted by Gasteiger charge is -2.07. The highest BCUT2D eigenvalue weighted by Crippen LogP contribution is 2.10. The molecule has 0 radical (unpaired) electrons. The second-order valence-electron chi connectivity index (χ2n) is 6.21. The Kier molecular flexibility index (Phi) is 4.60. The molecule has 24 heavy (non-hydrogen) atoms. The van der Waals surface area contributed by atoms with E-state index in [-0.39, 0.29) is 5.91 Å². The van der Waals surface area contributed by atoms with Gasteiger partial charge in [0.05, 0.1) is 5.69 Å². The van der Waals surface area contributed by atoms with E-state index >= 15 is 0 Å². The first-order chi connectivity index (χ1) is 11.5. The Morgan fingerprint density at radius 1 is 1.17 bits per heavy atom. The molecule has 3 aromatic rings. The smallest absolute Gasteiger partial charge is 0.251 e. The Balaban J connectivity index is 1.52. The molecular formula is C19H22N4O. The van der Waals surface area contributed by atoms with Crippen molar-refractivity contribution in [3.8, 4) is 0 Å². The molecule has 2 aromatic heterocycles. The van der Waals surface area contributed by atoms with Crippen molar-refractivity contribution in [3.63, 3.8) is 0 Å². The number of nitrogens with zero attached hydrogens (tertiary/aromatic N) is 3. The zero-order valence-electron chi connectivity index (χ0n) is 14.3. The number of aryl methyl sites for hydroxylation is 4. The third-order valence-corrected chi connectivity index (χ3v) is 4.19. The number of hydrogen-bond acceptors (Lipinski definition) is 3. The molecular weight excluding hydrogens is 300 g/mol. The standard InChI is InChI=1S/C19H22N4O/c1-13-6-7-17(9-14(13)2)19(24)20-8-4-5-16-11-21-18-10-15(3)22-23(18)12-16/h6-7,9-12H,4-5,8H2,1-3H3,(H,20,24). The van der Waals surface area contributed by atoms with Crippen molar-refractivity contribution in [1.82, 2.24) is 19.9 Å². The Labute approximate surface area is 141 Å². The van der Waals surface area contributed by atoms with Crippen molar-refractivity contribution in [2.45, 2.75) is 33.6 Å². The normalized spacial score (nSPS) is 11.0. The van der Waals surface area contributed by atoms with Gasteiger partial charge in [-0.2, -0.15) is 5.10 Å². The van der Waals surface area contributed by atoms with Crippen LogP contribution in [0.25, 0.3) is 5.65 Å². The number of benzene rings is 1. The Bertz CT molecular complexity index is 882. The van der Waals surface area contributed by atoms with Crippen LogP contribution in [0.15, 0.2) is 36.7 Å². The van der Waals surface area contributed by atoms with E-state index < -0.39 is 0 Å². The molecule has 0 aliphatic carbocycles. The maximum Gasteiger partial charge on any atom is 0.251 e. The average Bonchev–Trinajstić information content (AvgIpc) is 2.93. The largest absolute Gasteiger partial charge is 0.352 e. The van der Waals surface area contributed by atoms with Crippen LogP contribution >= 0.6 is 0 Å². The molecule has 0 saturated heterocycles. The van der Waals surface area contributed by atoms with Crippen LogP contribution in [0.2, 0.25) is 0 Å². The van der Waals surface area contributed by atoms with Gasteiger partial charge in [0.15, 0.2) is 5.65 Å². The van der Waals surface area contributed by atoms with Gasteiger partial charge < -0.3 is 5.32 Å². The predicted octanol–water partition coefficient (Wildman–Crippen LogP) is 3.02. The summed E-state index contributed by atoms with van der Waals surface area (Å²) >= 11 is 0. The molecule has 0 bridgehead atoms. The van der Waals surface area contributed by atoms with Gasteiger partial charge in [-0.15, -0.1) is 0 Å². The topological polar surface area (TPSA) is 59.3 Å². The van der Waals surface area contributed by atoms with Crippen LogP contribution in [0.1, 0.15) is 39.2 Å². The minimum absolute atomic E-state index is 0.0191. The number of rotatable bonds is 5. The predicted molar refractivity (Wildman–Crippen MR) is 94.3 cm³/mol. The summed E-state index contributed by atoms with van der Waals surface area (Å²) in [5.74, 6) is -0.0191. The first-order valence-electron chi connectivity index (χ1n) is 8.19. The Morgan fingerprint density at radius 2 is 2.00 bits per heavy atom. The lowest BCUT2D eigenvalue weighted by molar-refractivity contribution is 0.0953. The van der Waals surface area contributed by atoms with E-state index in [2.05, 4.69) is 15.4 Å². The number of amides is 1. The van der Waals surface area contributed by atoms with Crippen molar-refractivity contribution < 1.29 is 4.79 Å². The molecule has 1 aromatic carbocycles. The van der Waals surface area contributed by atoms with Gasteiger partial charge in [-0.1, -0.05) is 6.07 Å². The van der Waals surface area contributed by atoms with Gasteiger partial charge in [0, 0.05) is 30.6 Å².